The fourth-order valence-corrected chi connectivity index (χ4v) is 3.09. The molecule has 86 valence electrons. The minimum atomic E-state index is 0.769. The van der Waals surface area contributed by atoms with Crippen molar-refractivity contribution < 1.29 is 0 Å². The Hall–Kier alpha value is -1.85. The molecule has 3 rings (SSSR count). The lowest BCUT2D eigenvalue weighted by Crippen LogP contribution is -1.90. The molecule has 0 unspecified atom stereocenters. The summed E-state index contributed by atoms with van der Waals surface area (Å²) in [5.74, 6) is 0. The predicted molar refractivity (Wildman–Crippen MR) is 78.8 cm³/mol. The van der Waals surface area contributed by atoms with E-state index in [2.05, 4.69) is 34.1 Å². The van der Waals surface area contributed by atoms with Crippen molar-refractivity contribution in [1.29, 1.82) is 5.26 Å². The van der Waals surface area contributed by atoms with E-state index in [0.29, 0.717) is 0 Å². The molecule has 0 N–H and O–H groups in total. The normalized spacial score (nSPS) is 10.7. The van der Waals surface area contributed by atoms with Crippen molar-refractivity contribution in [3.63, 3.8) is 0 Å². The van der Waals surface area contributed by atoms with Crippen LogP contribution in [-0.2, 0) is 5.33 Å². The average Bonchev–Trinajstić information content (AvgIpc) is 2.44. The van der Waals surface area contributed by atoms with E-state index in [4.69, 9.17) is 0 Å². The van der Waals surface area contributed by atoms with Crippen LogP contribution in [0.3, 0.4) is 0 Å². The Labute approximate surface area is 114 Å². The quantitative estimate of drug-likeness (QED) is 0.469. The molecule has 0 atom stereocenters. The zero-order valence-electron chi connectivity index (χ0n) is 9.65. The molecular formula is C16H10BrN. The second kappa shape index (κ2) is 4.44. The fourth-order valence-electron chi connectivity index (χ4n) is 2.48. The van der Waals surface area contributed by atoms with Gasteiger partial charge in [0.25, 0.3) is 0 Å². The Bertz CT molecular complexity index is 727. The van der Waals surface area contributed by atoms with Crippen LogP contribution in [0.2, 0.25) is 0 Å². The third kappa shape index (κ3) is 1.52. The molecule has 0 aliphatic rings. The van der Waals surface area contributed by atoms with Gasteiger partial charge >= 0.3 is 0 Å². The van der Waals surface area contributed by atoms with Gasteiger partial charge in [0.05, 0.1) is 5.56 Å². The zero-order valence-corrected chi connectivity index (χ0v) is 11.2. The highest BCUT2D eigenvalue weighted by Crippen LogP contribution is 2.33. The molecule has 2 heteroatoms. The Morgan fingerprint density at radius 2 is 1.28 bits per heavy atom. The van der Waals surface area contributed by atoms with E-state index in [9.17, 15) is 5.26 Å². The Kier molecular flexibility index (Phi) is 2.77. The summed E-state index contributed by atoms with van der Waals surface area (Å²) in [4.78, 5) is 0. The van der Waals surface area contributed by atoms with Gasteiger partial charge in [-0.2, -0.15) is 5.26 Å². The van der Waals surface area contributed by atoms with Crippen molar-refractivity contribution >= 4 is 37.5 Å². The molecule has 0 aliphatic carbocycles. The number of rotatable bonds is 1. The summed E-state index contributed by atoms with van der Waals surface area (Å²) in [6.45, 7) is 0. The van der Waals surface area contributed by atoms with E-state index >= 15 is 0 Å². The van der Waals surface area contributed by atoms with Crippen LogP contribution in [0.5, 0.6) is 0 Å². The maximum Gasteiger partial charge on any atom is 0.100 e. The lowest BCUT2D eigenvalue weighted by atomic mass is 9.93. The third-order valence-corrected chi connectivity index (χ3v) is 3.85. The second-order valence-corrected chi connectivity index (χ2v) is 4.75. The lowest BCUT2D eigenvalue weighted by Gasteiger charge is -2.11. The molecule has 0 aromatic heterocycles. The molecule has 0 saturated carbocycles. The number of hydrogen-bond donors (Lipinski definition) is 0. The van der Waals surface area contributed by atoms with Crippen LogP contribution in [0.15, 0.2) is 48.5 Å². The molecule has 18 heavy (non-hydrogen) atoms. The topological polar surface area (TPSA) is 23.8 Å². The second-order valence-electron chi connectivity index (χ2n) is 4.19. The summed E-state index contributed by atoms with van der Waals surface area (Å²) >= 11 is 3.56. The minimum Gasteiger partial charge on any atom is -0.192 e. The van der Waals surface area contributed by atoms with Gasteiger partial charge in [0.2, 0.25) is 0 Å². The van der Waals surface area contributed by atoms with Crippen molar-refractivity contribution in [2.75, 3.05) is 0 Å². The van der Waals surface area contributed by atoms with Crippen molar-refractivity contribution in [3.05, 3.63) is 59.7 Å². The zero-order chi connectivity index (χ0) is 12.5. The summed E-state index contributed by atoms with van der Waals surface area (Å²) in [7, 11) is 0. The first-order valence-electron chi connectivity index (χ1n) is 5.75. The first-order valence-corrected chi connectivity index (χ1v) is 6.87. The van der Waals surface area contributed by atoms with E-state index in [1.807, 2.05) is 36.4 Å². The summed E-state index contributed by atoms with van der Waals surface area (Å²) in [6.07, 6.45) is 0. The number of hydrogen-bond acceptors (Lipinski definition) is 1. The number of nitrogens with zero attached hydrogens (tertiary/aromatic N) is 1. The molecule has 0 saturated heterocycles. The smallest absolute Gasteiger partial charge is 0.100 e. The highest BCUT2D eigenvalue weighted by atomic mass is 79.9. The molecular weight excluding hydrogens is 286 g/mol. The molecule has 0 aliphatic heterocycles. The van der Waals surface area contributed by atoms with E-state index in [0.717, 1.165) is 32.4 Å². The molecule has 0 radical (unpaired) electrons. The average molecular weight is 296 g/mol. The summed E-state index contributed by atoms with van der Waals surface area (Å²) < 4.78 is 0. The summed E-state index contributed by atoms with van der Waals surface area (Å²) in [5, 5.41) is 14.6. The van der Waals surface area contributed by atoms with Crippen LogP contribution < -0.4 is 0 Å². The first kappa shape index (κ1) is 11.3. The maximum absolute atomic E-state index is 9.44. The Morgan fingerprint density at radius 1 is 0.833 bits per heavy atom. The molecule has 0 bridgehead atoms. The van der Waals surface area contributed by atoms with Gasteiger partial charge in [-0.3, -0.25) is 0 Å². The largest absolute Gasteiger partial charge is 0.192 e. The first-order chi connectivity index (χ1) is 8.86. The molecule has 3 aromatic rings. The van der Waals surface area contributed by atoms with Crippen LogP contribution in [0.25, 0.3) is 21.5 Å². The van der Waals surface area contributed by atoms with Crippen LogP contribution in [0.1, 0.15) is 11.1 Å². The van der Waals surface area contributed by atoms with E-state index in [1.165, 1.54) is 5.56 Å². The van der Waals surface area contributed by atoms with Crippen LogP contribution in [-0.4, -0.2) is 0 Å². The van der Waals surface area contributed by atoms with Gasteiger partial charge < -0.3 is 0 Å². The van der Waals surface area contributed by atoms with Crippen LogP contribution in [0, 0.1) is 11.3 Å². The van der Waals surface area contributed by atoms with Crippen LogP contribution >= 0.6 is 15.9 Å². The van der Waals surface area contributed by atoms with Gasteiger partial charge in [0.15, 0.2) is 0 Å². The van der Waals surface area contributed by atoms with E-state index in [-0.39, 0.29) is 0 Å². The number of nitriles is 1. The molecule has 3 aromatic carbocycles. The number of fused-ring (bicyclic) bond motifs is 2. The molecule has 0 spiro atoms. The summed E-state index contributed by atoms with van der Waals surface area (Å²) in [5.41, 5.74) is 2.02. The lowest BCUT2D eigenvalue weighted by molar-refractivity contribution is 1.50. The van der Waals surface area contributed by atoms with Gasteiger partial charge in [0, 0.05) is 16.1 Å². The van der Waals surface area contributed by atoms with Crippen molar-refractivity contribution in [1.82, 2.24) is 0 Å². The van der Waals surface area contributed by atoms with Gasteiger partial charge in [-0.15, -0.1) is 0 Å². The van der Waals surface area contributed by atoms with Crippen molar-refractivity contribution in [3.8, 4) is 6.07 Å². The molecule has 0 heterocycles. The van der Waals surface area contributed by atoms with Crippen molar-refractivity contribution in [2.24, 2.45) is 0 Å². The van der Waals surface area contributed by atoms with Gasteiger partial charge in [-0.25, -0.2) is 0 Å². The van der Waals surface area contributed by atoms with Gasteiger partial charge in [-0.1, -0.05) is 64.5 Å². The predicted octanol–water partition coefficient (Wildman–Crippen LogP) is 4.76. The third-order valence-electron chi connectivity index (χ3n) is 3.29. The highest BCUT2D eigenvalue weighted by Gasteiger charge is 2.11. The molecule has 0 amide bonds. The number of benzene rings is 3. The van der Waals surface area contributed by atoms with Crippen LogP contribution in [0.4, 0.5) is 0 Å². The number of halogens is 1. The Morgan fingerprint density at radius 3 is 1.67 bits per heavy atom. The minimum absolute atomic E-state index is 0.769. The fraction of sp³-hybridized carbons (Fsp3) is 0.0625. The maximum atomic E-state index is 9.44. The van der Waals surface area contributed by atoms with Gasteiger partial charge in [-0.05, 0) is 16.3 Å². The SMILES string of the molecule is N#Cc1c2ccccc2c(CBr)c2ccccc12. The van der Waals surface area contributed by atoms with Gasteiger partial charge in [0.1, 0.15) is 6.07 Å². The molecule has 1 nitrogen and oxygen atoms in total. The van der Waals surface area contributed by atoms with E-state index in [1.54, 1.807) is 0 Å². The molecule has 0 fully saturated rings. The number of alkyl halides is 1. The summed E-state index contributed by atoms with van der Waals surface area (Å²) in [6, 6.07) is 18.6. The Balaban J connectivity index is 2.67. The van der Waals surface area contributed by atoms with E-state index < -0.39 is 0 Å². The highest BCUT2D eigenvalue weighted by molar-refractivity contribution is 9.08. The monoisotopic (exact) mass is 295 g/mol. The standard InChI is InChI=1S/C16H10BrN/c17-9-15-11-5-1-3-7-13(11)16(10-18)14-8-4-2-6-12(14)15/h1-8H,9H2. The van der Waals surface area contributed by atoms with Crippen molar-refractivity contribution in [2.45, 2.75) is 5.33 Å².